The third-order valence-electron chi connectivity index (χ3n) is 4.16. The molecule has 2 aliphatic rings. The topological polar surface area (TPSA) is 61.6 Å². The predicted molar refractivity (Wildman–Crippen MR) is 86.4 cm³/mol. The zero-order valence-corrected chi connectivity index (χ0v) is 14.2. The van der Waals surface area contributed by atoms with Gasteiger partial charge < -0.3 is 9.84 Å². The second-order valence-electron chi connectivity index (χ2n) is 6.47. The third-order valence-corrected chi connectivity index (χ3v) is 5.24. The van der Waals surface area contributed by atoms with Crippen molar-refractivity contribution < 1.29 is 9.32 Å². The van der Waals surface area contributed by atoms with Gasteiger partial charge in [0.2, 0.25) is 0 Å². The molecule has 2 fully saturated rings. The van der Waals surface area contributed by atoms with Gasteiger partial charge in [0.1, 0.15) is 5.76 Å². The Hall–Kier alpha value is -1.05. The fourth-order valence-electron chi connectivity index (χ4n) is 2.83. The van der Waals surface area contributed by atoms with Gasteiger partial charge in [-0.15, -0.1) is 0 Å². The molecule has 6 nitrogen and oxygen atoms in total. The Morgan fingerprint density at radius 3 is 2.86 bits per heavy atom. The molecule has 1 aromatic rings. The van der Waals surface area contributed by atoms with Crippen LogP contribution < -0.4 is 5.32 Å². The van der Waals surface area contributed by atoms with E-state index in [1.54, 1.807) is 18.2 Å². The normalized spacial score (nSPS) is 26.4. The van der Waals surface area contributed by atoms with Crippen molar-refractivity contribution in [2.45, 2.75) is 50.6 Å². The molecule has 7 heteroatoms. The van der Waals surface area contributed by atoms with Gasteiger partial charge in [-0.3, -0.25) is 4.79 Å². The molecule has 1 aromatic heterocycles. The lowest BCUT2D eigenvalue weighted by Gasteiger charge is -2.37. The van der Waals surface area contributed by atoms with Gasteiger partial charge in [0.15, 0.2) is 5.69 Å². The zero-order valence-electron chi connectivity index (χ0n) is 13.4. The minimum atomic E-state index is -0.110. The van der Waals surface area contributed by atoms with Gasteiger partial charge in [-0.1, -0.05) is 5.16 Å². The Labute approximate surface area is 135 Å². The lowest BCUT2D eigenvalue weighted by atomic mass is 10.0. The van der Waals surface area contributed by atoms with E-state index in [2.05, 4.69) is 26.0 Å². The Balaban J connectivity index is 1.51. The van der Waals surface area contributed by atoms with Crippen molar-refractivity contribution in [3.8, 4) is 0 Å². The van der Waals surface area contributed by atoms with Crippen LogP contribution in [-0.2, 0) is 0 Å². The first-order chi connectivity index (χ1) is 10.5. The molecule has 1 aliphatic carbocycles. The first-order valence-corrected chi connectivity index (χ1v) is 8.65. The van der Waals surface area contributed by atoms with Crippen LogP contribution in [0.5, 0.6) is 0 Å². The summed E-state index contributed by atoms with van der Waals surface area (Å²) in [4.78, 5) is 12.3. The van der Waals surface area contributed by atoms with E-state index in [9.17, 15) is 4.79 Å². The molecule has 0 bridgehead atoms. The molecular weight excluding hydrogens is 300 g/mol. The summed E-state index contributed by atoms with van der Waals surface area (Å²) in [5, 5.41) is 7.01. The minimum Gasteiger partial charge on any atom is -0.360 e. The summed E-state index contributed by atoms with van der Waals surface area (Å²) in [5.41, 5.74) is 0.416. The molecule has 3 rings (SSSR count). The highest BCUT2D eigenvalue weighted by Gasteiger charge is 2.31. The van der Waals surface area contributed by atoms with E-state index >= 15 is 0 Å². The van der Waals surface area contributed by atoms with E-state index in [-0.39, 0.29) is 11.9 Å². The molecule has 0 aromatic carbocycles. The van der Waals surface area contributed by atoms with Crippen molar-refractivity contribution in [3.63, 3.8) is 0 Å². The minimum absolute atomic E-state index is 0.110. The molecule has 1 saturated carbocycles. The molecule has 1 aliphatic heterocycles. The lowest BCUT2D eigenvalue weighted by molar-refractivity contribution is 0.0906. The number of piperidine rings is 1. The van der Waals surface area contributed by atoms with E-state index in [1.165, 1.54) is 0 Å². The number of hydrogen-bond donors (Lipinski definition) is 1. The first kappa shape index (κ1) is 15.8. The van der Waals surface area contributed by atoms with E-state index < -0.39 is 0 Å². The van der Waals surface area contributed by atoms with Gasteiger partial charge in [0, 0.05) is 42.7 Å². The Bertz CT molecular complexity index is 529. The largest absolute Gasteiger partial charge is 0.360 e. The van der Waals surface area contributed by atoms with Crippen molar-refractivity contribution >= 4 is 18.0 Å². The summed E-state index contributed by atoms with van der Waals surface area (Å²) >= 11 is 1.74. The van der Waals surface area contributed by atoms with Crippen molar-refractivity contribution in [3.05, 3.63) is 17.5 Å². The van der Waals surface area contributed by atoms with E-state index in [4.69, 9.17) is 4.52 Å². The number of nitrogens with one attached hydrogen (secondary N) is 1. The van der Waals surface area contributed by atoms with Crippen LogP contribution in [0.15, 0.2) is 10.6 Å². The average Bonchev–Trinajstić information content (AvgIpc) is 3.19. The number of hydrogen-bond acceptors (Lipinski definition) is 6. The summed E-state index contributed by atoms with van der Waals surface area (Å²) in [6.45, 7) is 3.18. The number of amides is 1. The van der Waals surface area contributed by atoms with Crippen molar-refractivity contribution in [1.29, 1.82) is 0 Å². The predicted octanol–water partition coefficient (Wildman–Crippen LogP) is 2.26. The maximum atomic E-state index is 12.3. The number of carbonyl (C=O) groups excluding carboxylic acids is 1. The first-order valence-electron chi connectivity index (χ1n) is 7.92. The van der Waals surface area contributed by atoms with E-state index in [1.807, 2.05) is 14.1 Å². The summed E-state index contributed by atoms with van der Waals surface area (Å²) in [7, 11) is 4.10. The highest BCUT2D eigenvalue weighted by Crippen LogP contribution is 2.40. The molecule has 122 valence electrons. The summed E-state index contributed by atoms with van der Waals surface area (Å²) < 4.78 is 9.72. The molecule has 0 spiro atoms. The quantitative estimate of drug-likeness (QED) is 0.838. The number of nitrogens with zero attached hydrogens (tertiary/aromatic N) is 3. The van der Waals surface area contributed by atoms with Crippen molar-refractivity contribution in [2.75, 3.05) is 20.6 Å². The van der Waals surface area contributed by atoms with E-state index in [0.717, 1.165) is 38.0 Å². The van der Waals surface area contributed by atoms with Gasteiger partial charge in [-0.05, 0) is 46.7 Å². The highest BCUT2D eigenvalue weighted by atomic mass is 32.2. The molecule has 2 unspecified atom stereocenters. The molecule has 1 amide bonds. The van der Waals surface area contributed by atoms with Crippen LogP contribution in [0.2, 0.25) is 0 Å². The standard InChI is InChI=1S/C15H24N4O2S/c1-10-8-12(6-7-19(10)22-18(2)3)16-15(20)13-9-14(21-17-13)11-4-5-11/h9-12H,4-8H2,1-3H3,(H,16,20). The fraction of sp³-hybridized carbons (Fsp3) is 0.733. The maximum Gasteiger partial charge on any atom is 0.273 e. The average molecular weight is 324 g/mol. The van der Waals surface area contributed by atoms with Gasteiger partial charge in [-0.2, -0.15) is 0 Å². The Morgan fingerprint density at radius 1 is 1.45 bits per heavy atom. The summed E-state index contributed by atoms with van der Waals surface area (Å²) in [6.07, 6.45) is 4.22. The number of carbonyl (C=O) groups is 1. The van der Waals surface area contributed by atoms with Gasteiger partial charge in [0.05, 0.1) is 0 Å². The Morgan fingerprint density at radius 2 is 2.23 bits per heavy atom. The fourth-order valence-corrected chi connectivity index (χ4v) is 3.68. The van der Waals surface area contributed by atoms with Crippen LogP contribution in [0.4, 0.5) is 0 Å². The van der Waals surface area contributed by atoms with Crippen LogP contribution in [0.1, 0.15) is 54.8 Å². The second kappa shape index (κ2) is 6.60. The smallest absolute Gasteiger partial charge is 0.273 e. The second-order valence-corrected chi connectivity index (χ2v) is 7.83. The van der Waals surface area contributed by atoms with E-state index in [0.29, 0.717) is 17.7 Å². The van der Waals surface area contributed by atoms with Crippen LogP contribution in [-0.4, -0.2) is 52.4 Å². The molecule has 2 heterocycles. The van der Waals surface area contributed by atoms with Crippen LogP contribution in [0.3, 0.4) is 0 Å². The lowest BCUT2D eigenvalue weighted by Crippen LogP contribution is -2.47. The molecule has 0 radical (unpaired) electrons. The molecule has 2 atom stereocenters. The molecule has 22 heavy (non-hydrogen) atoms. The monoisotopic (exact) mass is 324 g/mol. The summed E-state index contributed by atoms with van der Waals surface area (Å²) in [6, 6.07) is 2.45. The molecular formula is C15H24N4O2S. The maximum absolute atomic E-state index is 12.3. The SMILES string of the molecule is CC1CC(NC(=O)c2cc(C3CC3)on2)CCN1SN(C)C. The number of rotatable bonds is 5. The molecule has 1 N–H and O–H groups in total. The van der Waals surface area contributed by atoms with Gasteiger partial charge in [-0.25, -0.2) is 8.61 Å². The Kier molecular flexibility index (Phi) is 4.75. The summed E-state index contributed by atoms with van der Waals surface area (Å²) in [5.74, 6) is 1.23. The van der Waals surface area contributed by atoms with Crippen LogP contribution in [0, 0.1) is 0 Å². The van der Waals surface area contributed by atoms with Crippen molar-refractivity contribution in [1.82, 2.24) is 19.1 Å². The zero-order chi connectivity index (χ0) is 15.7. The van der Waals surface area contributed by atoms with Crippen molar-refractivity contribution in [2.24, 2.45) is 0 Å². The van der Waals surface area contributed by atoms with Crippen LogP contribution in [0.25, 0.3) is 0 Å². The van der Waals surface area contributed by atoms with Gasteiger partial charge in [0.25, 0.3) is 5.91 Å². The number of aromatic nitrogens is 1. The van der Waals surface area contributed by atoms with Gasteiger partial charge >= 0.3 is 0 Å². The van der Waals surface area contributed by atoms with Crippen LogP contribution >= 0.6 is 12.1 Å². The third kappa shape index (κ3) is 3.83. The highest BCUT2D eigenvalue weighted by molar-refractivity contribution is 7.94. The molecule has 1 saturated heterocycles.